The Hall–Kier alpha value is -3.02. The van der Waals surface area contributed by atoms with Crippen LogP contribution in [0, 0.1) is 0 Å². The van der Waals surface area contributed by atoms with Crippen LogP contribution in [0.5, 0.6) is 11.5 Å². The minimum absolute atomic E-state index is 0.108. The van der Waals surface area contributed by atoms with Gasteiger partial charge in [0.2, 0.25) is 11.8 Å². The maximum atomic E-state index is 12.1. The molecule has 2 aromatic rings. The highest BCUT2D eigenvalue weighted by atomic mass is 16.5. The Kier molecular flexibility index (Phi) is 6.60. The van der Waals surface area contributed by atoms with Crippen molar-refractivity contribution >= 4 is 11.8 Å². The molecule has 6 nitrogen and oxygen atoms in total. The number of carbonyl (C=O) groups excluding carboxylic acids is 2. The zero-order valence-corrected chi connectivity index (χ0v) is 22.1. The Morgan fingerprint density at radius 2 is 1.68 bits per heavy atom. The number of aryl methyl sites for hydroxylation is 1. The average molecular weight is 503 g/mol. The number of hydrogen-bond acceptors (Lipinski definition) is 4. The van der Waals surface area contributed by atoms with Crippen molar-refractivity contribution in [1.82, 2.24) is 10.6 Å². The fraction of sp³-hybridized carbons (Fsp3) is 0.548. The van der Waals surface area contributed by atoms with Gasteiger partial charge in [-0.05, 0) is 59.9 Å². The largest absolute Gasteiger partial charge is 0.493 e. The third kappa shape index (κ3) is 4.28. The first kappa shape index (κ1) is 24.3. The van der Waals surface area contributed by atoms with Gasteiger partial charge in [0, 0.05) is 67.3 Å². The van der Waals surface area contributed by atoms with Gasteiger partial charge in [0.15, 0.2) is 0 Å². The number of benzene rings is 2. The number of carbonyl (C=O) groups is 2. The van der Waals surface area contributed by atoms with Crippen molar-refractivity contribution in [2.45, 2.75) is 83.0 Å². The molecule has 2 heterocycles. The van der Waals surface area contributed by atoms with Crippen LogP contribution >= 0.6 is 0 Å². The molecule has 6 heteroatoms. The van der Waals surface area contributed by atoms with Crippen molar-refractivity contribution in [2.24, 2.45) is 0 Å². The monoisotopic (exact) mass is 502 g/mol. The smallest absolute Gasteiger partial charge is 0.219 e. The summed E-state index contributed by atoms with van der Waals surface area (Å²) >= 11 is 0. The van der Waals surface area contributed by atoms with Gasteiger partial charge in [-0.2, -0.15) is 0 Å². The predicted octanol–water partition coefficient (Wildman–Crippen LogP) is 4.65. The molecule has 37 heavy (non-hydrogen) atoms. The van der Waals surface area contributed by atoms with Gasteiger partial charge in [-0.1, -0.05) is 26.0 Å². The Labute approximate surface area is 219 Å². The van der Waals surface area contributed by atoms with E-state index in [1.165, 1.54) is 38.9 Å². The topological polar surface area (TPSA) is 76.7 Å². The Morgan fingerprint density at radius 3 is 2.51 bits per heavy atom. The van der Waals surface area contributed by atoms with E-state index in [9.17, 15) is 9.59 Å². The summed E-state index contributed by atoms with van der Waals surface area (Å²) < 4.78 is 12.3. The molecule has 0 saturated carbocycles. The van der Waals surface area contributed by atoms with E-state index in [-0.39, 0.29) is 23.7 Å². The van der Waals surface area contributed by atoms with Crippen molar-refractivity contribution in [2.75, 3.05) is 26.3 Å². The number of fused-ring (bicyclic) bond motifs is 6. The van der Waals surface area contributed by atoms with E-state index < -0.39 is 0 Å². The van der Waals surface area contributed by atoms with Gasteiger partial charge in [0.1, 0.15) is 11.5 Å². The average Bonchev–Trinajstić information content (AvgIpc) is 3.70. The molecule has 2 N–H and O–H groups in total. The van der Waals surface area contributed by atoms with Crippen LogP contribution in [-0.4, -0.2) is 38.1 Å². The van der Waals surface area contributed by atoms with Crippen LogP contribution in [0.25, 0.3) is 0 Å². The molecule has 4 aliphatic rings. The van der Waals surface area contributed by atoms with Gasteiger partial charge in [-0.25, -0.2) is 0 Å². The van der Waals surface area contributed by atoms with Crippen LogP contribution in [0.2, 0.25) is 0 Å². The summed E-state index contributed by atoms with van der Waals surface area (Å²) in [6.45, 7) is 6.70. The van der Waals surface area contributed by atoms with Crippen LogP contribution in [0.3, 0.4) is 0 Å². The molecule has 6 rings (SSSR count). The summed E-state index contributed by atoms with van der Waals surface area (Å²) in [6.07, 6.45) is 7.17. The molecule has 3 atom stereocenters. The van der Waals surface area contributed by atoms with Crippen LogP contribution < -0.4 is 20.1 Å². The number of rotatable bonds is 8. The zero-order chi connectivity index (χ0) is 25.5. The fourth-order valence-electron chi connectivity index (χ4n) is 7.22. The molecule has 0 fully saturated rings. The molecule has 0 bridgehead atoms. The second-order valence-corrected chi connectivity index (χ2v) is 11.0. The Balaban J connectivity index is 1.34. The molecule has 1 unspecified atom stereocenters. The lowest BCUT2D eigenvalue weighted by Crippen LogP contribution is -2.27. The molecule has 2 aromatic carbocycles. The molecular formula is C31H38N2O4. The van der Waals surface area contributed by atoms with Gasteiger partial charge >= 0.3 is 0 Å². The van der Waals surface area contributed by atoms with E-state index in [4.69, 9.17) is 9.47 Å². The lowest BCUT2D eigenvalue weighted by Gasteiger charge is -2.21. The third-order valence-electron chi connectivity index (χ3n) is 8.95. The van der Waals surface area contributed by atoms with E-state index in [1.54, 1.807) is 0 Å². The molecule has 0 radical (unpaired) electrons. The Morgan fingerprint density at radius 1 is 0.892 bits per heavy atom. The Bertz CT molecular complexity index is 1240. The number of ether oxygens (including phenoxy) is 2. The summed E-state index contributed by atoms with van der Waals surface area (Å²) in [5, 5.41) is 6.23. The third-order valence-corrected chi connectivity index (χ3v) is 8.95. The van der Waals surface area contributed by atoms with E-state index in [2.05, 4.69) is 28.8 Å². The molecule has 2 aliphatic heterocycles. The van der Waals surface area contributed by atoms with Crippen LogP contribution in [0.4, 0.5) is 0 Å². The van der Waals surface area contributed by atoms with Gasteiger partial charge in [-0.15, -0.1) is 0 Å². The van der Waals surface area contributed by atoms with Crippen LogP contribution in [-0.2, 0) is 28.9 Å². The van der Waals surface area contributed by atoms with Gasteiger partial charge in [0.05, 0.1) is 13.2 Å². The fourth-order valence-corrected chi connectivity index (χ4v) is 7.22. The molecule has 0 aromatic heterocycles. The first-order valence-corrected chi connectivity index (χ1v) is 14.2. The summed E-state index contributed by atoms with van der Waals surface area (Å²) in [4.78, 5) is 23.9. The SMILES string of the molecule is CCC(=O)NCC[C@@H]1CCc2cc(C3C[C@@H](CNC(=O)CC)c4c3ccc3c4CCO3)c3c(c21)CCO3. The molecule has 0 saturated heterocycles. The maximum Gasteiger partial charge on any atom is 0.219 e. The quantitative estimate of drug-likeness (QED) is 0.551. The second-order valence-electron chi connectivity index (χ2n) is 11.0. The summed E-state index contributed by atoms with van der Waals surface area (Å²) in [5.41, 5.74) is 9.82. The second kappa shape index (κ2) is 10.0. The van der Waals surface area contributed by atoms with Crippen LogP contribution in [0.15, 0.2) is 18.2 Å². The lowest BCUT2D eigenvalue weighted by atomic mass is 9.84. The number of nitrogens with one attached hydrogen (secondary N) is 2. The summed E-state index contributed by atoms with van der Waals surface area (Å²) in [5.74, 6) is 3.40. The van der Waals surface area contributed by atoms with Gasteiger partial charge < -0.3 is 20.1 Å². The van der Waals surface area contributed by atoms with Gasteiger partial charge in [0.25, 0.3) is 0 Å². The van der Waals surface area contributed by atoms with Gasteiger partial charge in [-0.3, -0.25) is 9.59 Å². The maximum absolute atomic E-state index is 12.1. The zero-order valence-electron chi connectivity index (χ0n) is 22.1. The highest BCUT2D eigenvalue weighted by molar-refractivity contribution is 5.76. The first-order chi connectivity index (χ1) is 18.1. The number of amides is 2. The van der Waals surface area contributed by atoms with Crippen molar-refractivity contribution in [1.29, 1.82) is 0 Å². The van der Waals surface area contributed by atoms with Crippen molar-refractivity contribution in [3.8, 4) is 11.5 Å². The molecular weight excluding hydrogens is 464 g/mol. The van der Waals surface area contributed by atoms with E-state index in [0.717, 1.165) is 69.8 Å². The molecule has 196 valence electrons. The van der Waals surface area contributed by atoms with Crippen molar-refractivity contribution < 1.29 is 19.1 Å². The summed E-state index contributed by atoms with van der Waals surface area (Å²) in [7, 11) is 0. The highest BCUT2D eigenvalue weighted by Gasteiger charge is 2.40. The minimum atomic E-state index is 0.108. The minimum Gasteiger partial charge on any atom is -0.493 e. The predicted molar refractivity (Wildman–Crippen MR) is 143 cm³/mol. The van der Waals surface area contributed by atoms with Crippen LogP contribution in [0.1, 0.15) is 103 Å². The van der Waals surface area contributed by atoms with Crippen molar-refractivity contribution in [3.05, 3.63) is 57.1 Å². The molecule has 0 spiro atoms. The first-order valence-electron chi connectivity index (χ1n) is 14.2. The van der Waals surface area contributed by atoms with E-state index >= 15 is 0 Å². The lowest BCUT2D eigenvalue weighted by molar-refractivity contribution is -0.121. The normalized spacial score (nSPS) is 22.5. The summed E-state index contributed by atoms with van der Waals surface area (Å²) in [6, 6.07) is 6.85. The molecule has 2 aliphatic carbocycles. The number of hydrogen-bond donors (Lipinski definition) is 2. The van der Waals surface area contributed by atoms with E-state index in [0.29, 0.717) is 25.3 Å². The van der Waals surface area contributed by atoms with Crippen molar-refractivity contribution in [3.63, 3.8) is 0 Å². The molecule has 2 amide bonds. The van der Waals surface area contributed by atoms with E-state index in [1.807, 2.05) is 13.8 Å². The standard InChI is InChI=1S/C31H38N2O4/c1-3-27(34)32-12-9-18-5-6-19-15-25(31-23(29(18)19)11-14-37-31)24-16-20(17-33-28(35)4-2)30-21(24)7-8-26-22(30)10-13-36-26/h7-8,15,18,20,24H,3-6,9-14,16-17H2,1-2H3,(H,32,34)(H,33,35)/t18-,20-,24?/m0/s1. The highest BCUT2D eigenvalue weighted by Crippen LogP contribution is 2.54.